The zero-order chi connectivity index (χ0) is 19.8. The van der Waals surface area contributed by atoms with Crippen LogP contribution in [-0.4, -0.2) is 15.1 Å². The molecule has 1 atom stereocenters. The van der Waals surface area contributed by atoms with E-state index in [1.807, 2.05) is 31.2 Å². The number of H-pyrrole nitrogens is 1. The van der Waals surface area contributed by atoms with Crippen molar-refractivity contribution in [3.05, 3.63) is 86.8 Å². The Kier molecular flexibility index (Phi) is 4.05. The molecule has 0 fully saturated rings. The van der Waals surface area contributed by atoms with Crippen LogP contribution in [0.5, 0.6) is 5.88 Å². The summed E-state index contributed by atoms with van der Waals surface area (Å²) in [6.45, 7) is 1.97. The van der Waals surface area contributed by atoms with Crippen LogP contribution in [0.3, 0.4) is 0 Å². The maximum atomic E-state index is 11.2. The number of allylic oxidation sites excluding steroid dienone is 1. The lowest BCUT2D eigenvalue weighted by Gasteiger charge is -2.24. The van der Waals surface area contributed by atoms with Crippen molar-refractivity contribution in [1.82, 2.24) is 10.2 Å². The van der Waals surface area contributed by atoms with Crippen molar-refractivity contribution in [2.45, 2.75) is 12.8 Å². The summed E-state index contributed by atoms with van der Waals surface area (Å²) in [5.41, 5.74) is 9.86. The number of aromatic nitrogens is 2. The number of aromatic amines is 1. The zero-order valence-corrected chi connectivity index (χ0v) is 14.8. The molecule has 138 valence electrons. The van der Waals surface area contributed by atoms with Gasteiger partial charge in [-0.1, -0.05) is 42.0 Å². The number of non-ortho nitro benzene ring substituents is 1. The predicted octanol–water partition coefficient (Wildman–Crippen LogP) is 3.51. The van der Waals surface area contributed by atoms with Crippen molar-refractivity contribution < 1.29 is 9.66 Å². The second-order valence-corrected chi connectivity index (χ2v) is 6.46. The van der Waals surface area contributed by atoms with Gasteiger partial charge >= 0.3 is 0 Å². The fourth-order valence-corrected chi connectivity index (χ4v) is 3.33. The molecule has 1 aliphatic heterocycles. The van der Waals surface area contributed by atoms with Gasteiger partial charge in [-0.05, 0) is 12.5 Å². The lowest BCUT2D eigenvalue weighted by molar-refractivity contribution is -0.384. The minimum absolute atomic E-state index is 0.00216. The Morgan fingerprint density at radius 2 is 2.04 bits per heavy atom. The van der Waals surface area contributed by atoms with Crippen molar-refractivity contribution >= 4 is 5.69 Å². The summed E-state index contributed by atoms with van der Waals surface area (Å²) in [7, 11) is 0. The highest BCUT2D eigenvalue weighted by Crippen LogP contribution is 2.45. The van der Waals surface area contributed by atoms with Crippen molar-refractivity contribution in [3.63, 3.8) is 0 Å². The Labute approximate surface area is 160 Å². The summed E-state index contributed by atoms with van der Waals surface area (Å²) in [6.07, 6.45) is 0. The van der Waals surface area contributed by atoms with Gasteiger partial charge in [0.25, 0.3) is 5.69 Å². The van der Waals surface area contributed by atoms with E-state index in [-0.39, 0.29) is 23.0 Å². The first kappa shape index (κ1) is 17.3. The van der Waals surface area contributed by atoms with Crippen LogP contribution in [0.25, 0.3) is 11.3 Å². The van der Waals surface area contributed by atoms with Crippen LogP contribution in [-0.2, 0) is 0 Å². The maximum Gasteiger partial charge on any atom is 0.270 e. The molecular weight excluding hydrogens is 358 g/mol. The minimum atomic E-state index is -0.498. The number of ether oxygens (including phenoxy) is 1. The highest BCUT2D eigenvalue weighted by Gasteiger charge is 2.35. The molecule has 28 heavy (non-hydrogen) atoms. The van der Waals surface area contributed by atoms with E-state index in [9.17, 15) is 15.4 Å². The van der Waals surface area contributed by atoms with Crippen LogP contribution in [0.15, 0.2) is 60.0 Å². The number of nitrogens with zero attached hydrogens (tertiary/aromatic N) is 3. The van der Waals surface area contributed by atoms with Gasteiger partial charge in [-0.25, -0.2) is 0 Å². The topological polar surface area (TPSA) is 131 Å². The number of hydrogen-bond donors (Lipinski definition) is 2. The number of fused-ring (bicyclic) bond motifs is 1. The molecule has 0 bridgehead atoms. The molecule has 3 aromatic rings. The van der Waals surface area contributed by atoms with Crippen molar-refractivity contribution in [2.75, 3.05) is 0 Å². The van der Waals surface area contributed by atoms with E-state index in [4.69, 9.17) is 10.5 Å². The number of nitrogens with two attached hydrogens (primary N) is 1. The highest BCUT2D eigenvalue weighted by molar-refractivity contribution is 5.72. The second kappa shape index (κ2) is 6.55. The summed E-state index contributed by atoms with van der Waals surface area (Å²) in [6, 6.07) is 16.1. The molecule has 1 unspecified atom stereocenters. The first-order valence-corrected chi connectivity index (χ1v) is 8.47. The van der Waals surface area contributed by atoms with Crippen LogP contribution >= 0.6 is 0 Å². The van der Waals surface area contributed by atoms with Gasteiger partial charge in [0.05, 0.1) is 22.1 Å². The van der Waals surface area contributed by atoms with Crippen LogP contribution in [0, 0.1) is 28.4 Å². The lowest BCUT2D eigenvalue weighted by Crippen LogP contribution is -2.21. The summed E-state index contributed by atoms with van der Waals surface area (Å²) >= 11 is 0. The summed E-state index contributed by atoms with van der Waals surface area (Å²) in [5, 5.41) is 27.9. The predicted molar refractivity (Wildman–Crippen MR) is 101 cm³/mol. The van der Waals surface area contributed by atoms with Crippen LogP contribution in [0.2, 0.25) is 0 Å². The molecule has 2 aromatic carbocycles. The largest absolute Gasteiger partial charge is 0.420 e. The molecule has 0 saturated carbocycles. The molecule has 3 N–H and O–H groups in total. The molecule has 0 spiro atoms. The SMILES string of the molecule is Cc1ccc(C2C(C#N)=C(N)Oc3n[nH]c(-c4cccc([N+](=O)[O-])c4)c32)cc1. The van der Waals surface area contributed by atoms with Crippen LogP contribution in [0.1, 0.15) is 22.6 Å². The number of hydrogen-bond acceptors (Lipinski definition) is 6. The second-order valence-electron chi connectivity index (χ2n) is 6.46. The van der Waals surface area contributed by atoms with E-state index in [1.165, 1.54) is 12.1 Å². The van der Waals surface area contributed by atoms with Gasteiger partial charge in [0, 0.05) is 17.7 Å². The van der Waals surface area contributed by atoms with E-state index in [1.54, 1.807) is 12.1 Å². The van der Waals surface area contributed by atoms with Gasteiger partial charge in [-0.15, -0.1) is 5.10 Å². The quantitative estimate of drug-likeness (QED) is 0.533. The number of rotatable bonds is 3. The molecule has 1 aliphatic rings. The number of nitro groups is 1. The van der Waals surface area contributed by atoms with Crippen molar-refractivity contribution in [2.24, 2.45) is 5.73 Å². The lowest BCUT2D eigenvalue weighted by atomic mass is 9.83. The smallest absolute Gasteiger partial charge is 0.270 e. The highest BCUT2D eigenvalue weighted by atomic mass is 16.6. The Morgan fingerprint density at radius 1 is 1.29 bits per heavy atom. The first-order valence-electron chi connectivity index (χ1n) is 8.47. The minimum Gasteiger partial charge on any atom is -0.420 e. The van der Waals surface area contributed by atoms with E-state index >= 15 is 0 Å². The van der Waals surface area contributed by atoms with Gasteiger partial charge in [-0.3, -0.25) is 15.2 Å². The third-order valence-corrected chi connectivity index (χ3v) is 4.70. The molecule has 8 nitrogen and oxygen atoms in total. The third kappa shape index (κ3) is 2.75. The van der Waals surface area contributed by atoms with E-state index < -0.39 is 10.8 Å². The number of nitriles is 1. The van der Waals surface area contributed by atoms with Gasteiger partial charge in [0.15, 0.2) is 0 Å². The standard InChI is InChI=1S/C20H15N5O3/c1-11-5-7-12(8-6-11)16-15(10-21)19(22)28-20-17(16)18(23-24-20)13-3-2-4-14(9-13)25(26)27/h2-9,16H,22H2,1H3,(H,23,24). The molecule has 0 amide bonds. The third-order valence-electron chi connectivity index (χ3n) is 4.70. The van der Waals surface area contributed by atoms with Gasteiger partial charge in [-0.2, -0.15) is 5.26 Å². The van der Waals surface area contributed by atoms with Gasteiger partial charge in [0.2, 0.25) is 11.8 Å². The van der Waals surface area contributed by atoms with E-state index in [0.717, 1.165) is 11.1 Å². The molecule has 0 radical (unpaired) electrons. The van der Waals surface area contributed by atoms with Gasteiger partial charge < -0.3 is 10.5 Å². The Hall–Kier alpha value is -4.12. The molecule has 2 heterocycles. The summed E-state index contributed by atoms with van der Waals surface area (Å²) in [4.78, 5) is 10.7. The monoisotopic (exact) mass is 373 g/mol. The number of benzene rings is 2. The summed E-state index contributed by atoms with van der Waals surface area (Å²) < 4.78 is 5.55. The van der Waals surface area contributed by atoms with Crippen molar-refractivity contribution in [1.29, 1.82) is 5.26 Å². The van der Waals surface area contributed by atoms with Crippen molar-refractivity contribution in [3.8, 4) is 23.2 Å². The van der Waals surface area contributed by atoms with Gasteiger partial charge in [0.1, 0.15) is 11.6 Å². The number of aryl methyl sites for hydroxylation is 1. The molecule has 1 aromatic heterocycles. The maximum absolute atomic E-state index is 11.2. The fourth-order valence-electron chi connectivity index (χ4n) is 3.33. The summed E-state index contributed by atoms with van der Waals surface area (Å²) in [5.74, 6) is -0.247. The average Bonchev–Trinajstić information content (AvgIpc) is 3.11. The Morgan fingerprint density at radius 3 is 2.71 bits per heavy atom. The average molecular weight is 373 g/mol. The van der Waals surface area contributed by atoms with Crippen LogP contribution in [0.4, 0.5) is 5.69 Å². The molecular formula is C20H15N5O3. The fraction of sp³-hybridized carbons (Fsp3) is 0.100. The van der Waals surface area contributed by atoms with E-state index in [0.29, 0.717) is 16.8 Å². The number of nitrogens with one attached hydrogen (secondary N) is 1. The first-order chi connectivity index (χ1) is 13.5. The molecule has 0 aliphatic carbocycles. The molecule has 0 saturated heterocycles. The Balaban J connectivity index is 1.93. The van der Waals surface area contributed by atoms with Crippen LogP contribution < -0.4 is 10.5 Å². The van der Waals surface area contributed by atoms with E-state index in [2.05, 4.69) is 16.3 Å². The Bertz CT molecular complexity index is 1160. The molecule has 8 heteroatoms. The zero-order valence-electron chi connectivity index (χ0n) is 14.8. The molecule has 4 rings (SSSR count). The number of nitro benzene ring substituents is 1. The normalized spacial score (nSPS) is 15.5.